The summed E-state index contributed by atoms with van der Waals surface area (Å²) in [6.07, 6.45) is 0.979. The molecule has 0 saturated heterocycles. The van der Waals surface area contributed by atoms with Crippen molar-refractivity contribution >= 4 is 21.5 Å². The van der Waals surface area contributed by atoms with Crippen LogP contribution >= 0.6 is 0 Å². The summed E-state index contributed by atoms with van der Waals surface area (Å²) in [6.45, 7) is 6.51. The van der Waals surface area contributed by atoms with Gasteiger partial charge < -0.3 is 0 Å². The monoisotopic (exact) mass is 310 g/mol. The zero-order chi connectivity index (χ0) is 16.7. The van der Waals surface area contributed by atoms with Crippen LogP contribution in [-0.4, -0.2) is 0 Å². The Hall–Kier alpha value is -2.60. The maximum Gasteiger partial charge on any atom is -0.00253 e. The van der Waals surface area contributed by atoms with E-state index in [1.807, 2.05) is 0 Å². The number of aryl methyl sites for hydroxylation is 3. The molecule has 0 aliphatic rings. The Morgan fingerprint density at radius 3 is 1.71 bits per heavy atom. The number of hydrogen-bond donors (Lipinski definition) is 0. The van der Waals surface area contributed by atoms with Crippen LogP contribution in [0.25, 0.3) is 21.5 Å². The average molecular weight is 310 g/mol. The van der Waals surface area contributed by atoms with Gasteiger partial charge in [0.2, 0.25) is 0 Å². The lowest BCUT2D eigenvalue weighted by molar-refractivity contribution is 1.21. The van der Waals surface area contributed by atoms with E-state index < -0.39 is 0 Å². The van der Waals surface area contributed by atoms with Crippen molar-refractivity contribution in [2.75, 3.05) is 0 Å². The highest BCUT2D eigenvalue weighted by atomic mass is 14.1. The van der Waals surface area contributed by atoms with Gasteiger partial charge in [0.15, 0.2) is 0 Å². The smallest absolute Gasteiger partial charge is 0.00253 e. The maximum absolute atomic E-state index is 2.33. The molecule has 0 heteroatoms. The Labute approximate surface area is 143 Å². The second-order valence-electron chi connectivity index (χ2n) is 6.98. The van der Waals surface area contributed by atoms with Crippen LogP contribution in [-0.2, 0) is 6.42 Å². The summed E-state index contributed by atoms with van der Waals surface area (Å²) in [5, 5.41) is 5.32. The second-order valence-corrected chi connectivity index (χ2v) is 6.98. The third kappa shape index (κ3) is 2.80. The van der Waals surface area contributed by atoms with E-state index in [4.69, 9.17) is 0 Å². The number of rotatable bonds is 2. The van der Waals surface area contributed by atoms with E-state index in [1.165, 1.54) is 49.4 Å². The van der Waals surface area contributed by atoms with Crippen LogP contribution in [0, 0.1) is 20.8 Å². The predicted octanol–water partition coefficient (Wildman–Crippen LogP) is 6.51. The highest BCUT2D eigenvalue weighted by Gasteiger charge is 2.03. The van der Waals surface area contributed by atoms with E-state index >= 15 is 0 Å². The van der Waals surface area contributed by atoms with Crippen LogP contribution in [0.5, 0.6) is 0 Å². The minimum Gasteiger partial charge on any atom is -0.0587 e. The fraction of sp³-hybridized carbons (Fsp3) is 0.167. The standard InChI is InChI=1S/C24H22/c1-16-4-7-23-14-19(5-8-21(23)10-16)13-20-6-9-22-11-17(2)18(3)12-24(22)15-20/h4-12,14-15H,13H2,1-3H3. The van der Waals surface area contributed by atoms with Gasteiger partial charge in [-0.1, -0.05) is 72.3 Å². The molecule has 0 aliphatic carbocycles. The van der Waals surface area contributed by atoms with Crippen molar-refractivity contribution in [3.63, 3.8) is 0 Å². The van der Waals surface area contributed by atoms with Crippen molar-refractivity contribution < 1.29 is 0 Å². The quantitative estimate of drug-likeness (QED) is 0.396. The molecule has 0 nitrogen and oxygen atoms in total. The van der Waals surface area contributed by atoms with Gasteiger partial charge in [0.05, 0.1) is 0 Å². The van der Waals surface area contributed by atoms with Crippen molar-refractivity contribution in [2.45, 2.75) is 27.2 Å². The normalized spacial score (nSPS) is 11.3. The summed E-state index contributed by atoms with van der Waals surface area (Å²) in [5.41, 5.74) is 6.78. The Bertz CT molecular complexity index is 1050. The summed E-state index contributed by atoms with van der Waals surface area (Å²) in [7, 11) is 0. The summed E-state index contributed by atoms with van der Waals surface area (Å²) < 4.78 is 0. The molecule has 4 aromatic carbocycles. The van der Waals surface area contributed by atoms with E-state index in [1.54, 1.807) is 0 Å². The van der Waals surface area contributed by atoms with Gasteiger partial charge in [-0.2, -0.15) is 0 Å². The van der Waals surface area contributed by atoms with Gasteiger partial charge in [0.1, 0.15) is 0 Å². The first-order valence-electron chi connectivity index (χ1n) is 8.58. The molecule has 0 saturated carbocycles. The van der Waals surface area contributed by atoms with Gasteiger partial charge in [-0.05, 0) is 71.0 Å². The van der Waals surface area contributed by atoms with Crippen molar-refractivity contribution in [3.8, 4) is 0 Å². The van der Waals surface area contributed by atoms with E-state index in [0.29, 0.717) is 0 Å². The lowest BCUT2D eigenvalue weighted by Crippen LogP contribution is -1.90. The summed E-state index contributed by atoms with van der Waals surface area (Å²) in [5.74, 6) is 0. The lowest BCUT2D eigenvalue weighted by Gasteiger charge is -2.08. The SMILES string of the molecule is Cc1ccc2cc(Cc3ccc4cc(C)c(C)cc4c3)ccc2c1. The molecule has 0 unspecified atom stereocenters. The Morgan fingerprint density at radius 1 is 0.500 bits per heavy atom. The molecular formula is C24H22. The van der Waals surface area contributed by atoms with Crippen molar-refractivity contribution in [3.05, 3.63) is 94.5 Å². The molecule has 0 atom stereocenters. The third-order valence-electron chi connectivity index (χ3n) is 4.99. The fourth-order valence-electron chi connectivity index (χ4n) is 3.45. The first-order valence-corrected chi connectivity index (χ1v) is 8.58. The molecule has 0 fully saturated rings. The zero-order valence-corrected chi connectivity index (χ0v) is 14.6. The van der Waals surface area contributed by atoms with Gasteiger partial charge in [0, 0.05) is 0 Å². The molecule has 0 spiro atoms. The van der Waals surface area contributed by atoms with Crippen LogP contribution < -0.4 is 0 Å². The molecule has 0 amide bonds. The van der Waals surface area contributed by atoms with Gasteiger partial charge in [0.25, 0.3) is 0 Å². The summed E-state index contributed by atoms with van der Waals surface area (Å²) in [6, 6.07) is 24.9. The highest BCUT2D eigenvalue weighted by molar-refractivity contribution is 5.85. The molecular weight excluding hydrogens is 288 g/mol. The van der Waals surface area contributed by atoms with Crippen molar-refractivity contribution in [1.82, 2.24) is 0 Å². The van der Waals surface area contributed by atoms with E-state index in [9.17, 15) is 0 Å². The molecule has 0 heterocycles. The summed E-state index contributed by atoms with van der Waals surface area (Å²) in [4.78, 5) is 0. The molecule has 0 N–H and O–H groups in total. The molecule has 0 radical (unpaired) electrons. The Morgan fingerprint density at radius 2 is 1.00 bits per heavy atom. The van der Waals surface area contributed by atoms with Crippen LogP contribution in [0.15, 0.2) is 66.7 Å². The van der Waals surface area contributed by atoms with Crippen molar-refractivity contribution in [1.29, 1.82) is 0 Å². The highest BCUT2D eigenvalue weighted by Crippen LogP contribution is 2.24. The maximum atomic E-state index is 2.33. The molecule has 0 aromatic heterocycles. The molecule has 4 aromatic rings. The van der Waals surface area contributed by atoms with Gasteiger partial charge in [-0.15, -0.1) is 0 Å². The predicted molar refractivity (Wildman–Crippen MR) is 105 cm³/mol. The van der Waals surface area contributed by atoms with Crippen LogP contribution in [0.2, 0.25) is 0 Å². The van der Waals surface area contributed by atoms with Gasteiger partial charge in [-0.25, -0.2) is 0 Å². The molecule has 0 aliphatic heterocycles. The van der Waals surface area contributed by atoms with Crippen LogP contribution in [0.3, 0.4) is 0 Å². The number of benzene rings is 4. The molecule has 24 heavy (non-hydrogen) atoms. The Kier molecular flexibility index (Phi) is 3.61. The third-order valence-corrected chi connectivity index (χ3v) is 4.99. The fourth-order valence-corrected chi connectivity index (χ4v) is 3.45. The Balaban J connectivity index is 1.70. The minimum absolute atomic E-state index is 0.979. The largest absolute Gasteiger partial charge is 0.0587 e. The van der Waals surface area contributed by atoms with E-state index in [0.717, 1.165) is 6.42 Å². The van der Waals surface area contributed by atoms with Gasteiger partial charge in [-0.3, -0.25) is 0 Å². The van der Waals surface area contributed by atoms with Gasteiger partial charge >= 0.3 is 0 Å². The van der Waals surface area contributed by atoms with Crippen molar-refractivity contribution in [2.24, 2.45) is 0 Å². The average Bonchev–Trinajstić information content (AvgIpc) is 2.56. The molecule has 118 valence electrons. The number of hydrogen-bond acceptors (Lipinski definition) is 0. The topological polar surface area (TPSA) is 0 Å². The summed E-state index contributed by atoms with van der Waals surface area (Å²) >= 11 is 0. The molecule has 0 bridgehead atoms. The zero-order valence-electron chi connectivity index (χ0n) is 14.6. The van der Waals surface area contributed by atoms with Crippen LogP contribution in [0.1, 0.15) is 27.8 Å². The number of fused-ring (bicyclic) bond motifs is 2. The first-order chi connectivity index (χ1) is 11.6. The first kappa shape index (κ1) is 15.0. The minimum atomic E-state index is 0.979. The van der Waals surface area contributed by atoms with E-state index in [-0.39, 0.29) is 0 Å². The second kappa shape index (κ2) is 5.79. The lowest BCUT2D eigenvalue weighted by atomic mass is 9.97. The molecule has 4 rings (SSSR count). The van der Waals surface area contributed by atoms with Crippen LogP contribution in [0.4, 0.5) is 0 Å². The van der Waals surface area contributed by atoms with E-state index in [2.05, 4.69) is 87.5 Å².